The Labute approximate surface area is 230 Å². The molecule has 2 fully saturated rings. The number of nitrogens with zero attached hydrogens (tertiary/aromatic N) is 2. The van der Waals surface area contributed by atoms with Crippen molar-refractivity contribution in [2.45, 2.75) is 81.9 Å². The fourth-order valence-electron chi connectivity index (χ4n) is 6.62. The molecular weight excluding hydrogens is 476 g/mol. The predicted octanol–water partition coefficient (Wildman–Crippen LogP) is 6.85. The van der Waals surface area contributed by atoms with Gasteiger partial charge in [0.05, 0.1) is 0 Å². The lowest BCUT2D eigenvalue weighted by atomic mass is 9.88. The number of methoxy groups -OCH3 is 4. The maximum absolute atomic E-state index is 6.46. The van der Waals surface area contributed by atoms with E-state index in [1.807, 2.05) is 21.1 Å². The summed E-state index contributed by atoms with van der Waals surface area (Å²) in [5.74, 6) is -0.165. The summed E-state index contributed by atoms with van der Waals surface area (Å²) in [6.45, 7) is 3.73. The second kappa shape index (κ2) is 12.8. The van der Waals surface area contributed by atoms with Gasteiger partial charge in [0.25, 0.3) is 0 Å². The highest BCUT2D eigenvalue weighted by molar-refractivity contribution is 5.50. The minimum Gasteiger partial charge on any atom is -0.359 e. The molecule has 2 aliphatic rings. The Kier molecular flexibility index (Phi) is 9.74. The highest BCUT2D eigenvalue weighted by Gasteiger charge is 2.47. The van der Waals surface area contributed by atoms with E-state index >= 15 is 0 Å². The van der Waals surface area contributed by atoms with Crippen LogP contribution in [-0.2, 0) is 18.9 Å². The molecule has 0 saturated heterocycles. The summed E-state index contributed by atoms with van der Waals surface area (Å²) in [5, 5.41) is 0. The van der Waals surface area contributed by atoms with E-state index < -0.39 is 5.79 Å². The Morgan fingerprint density at radius 1 is 0.737 bits per heavy atom. The monoisotopic (exact) mass is 524 g/mol. The van der Waals surface area contributed by atoms with Gasteiger partial charge in [-0.25, -0.2) is 0 Å². The second-order valence-electron chi connectivity index (χ2n) is 11.2. The first-order valence-corrected chi connectivity index (χ1v) is 14.3. The van der Waals surface area contributed by atoms with Crippen LogP contribution in [0.15, 0.2) is 60.7 Å². The van der Waals surface area contributed by atoms with Crippen LogP contribution in [0.25, 0.3) is 0 Å². The van der Waals surface area contributed by atoms with E-state index in [-0.39, 0.29) is 11.4 Å². The maximum atomic E-state index is 6.46. The summed E-state index contributed by atoms with van der Waals surface area (Å²) in [7, 11) is 7.19. The summed E-state index contributed by atoms with van der Waals surface area (Å²) < 4.78 is 24.2. The predicted molar refractivity (Wildman–Crippen MR) is 155 cm³/mol. The number of para-hydroxylation sites is 2. The van der Waals surface area contributed by atoms with Crippen molar-refractivity contribution < 1.29 is 18.9 Å². The highest BCUT2D eigenvalue weighted by atomic mass is 16.7. The fourth-order valence-corrected chi connectivity index (χ4v) is 6.62. The molecule has 38 heavy (non-hydrogen) atoms. The molecule has 2 aromatic carbocycles. The first-order chi connectivity index (χ1) is 18.4. The number of rotatable bonds is 13. The van der Waals surface area contributed by atoms with Crippen molar-refractivity contribution in [1.82, 2.24) is 0 Å². The van der Waals surface area contributed by atoms with Gasteiger partial charge >= 0.3 is 0 Å². The van der Waals surface area contributed by atoms with Crippen LogP contribution >= 0.6 is 0 Å². The van der Waals surface area contributed by atoms with Crippen molar-refractivity contribution in [2.75, 3.05) is 51.3 Å². The van der Waals surface area contributed by atoms with Crippen molar-refractivity contribution in [3.63, 3.8) is 0 Å². The van der Waals surface area contributed by atoms with Crippen LogP contribution in [0.1, 0.15) is 64.7 Å². The van der Waals surface area contributed by atoms with Crippen molar-refractivity contribution in [3.05, 3.63) is 60.7 Å². The summed E-state index contributed by atoms with van der Waals surface area (Å²) in [5.41, 5.74) is 1.80. The Balaban J connectivity index is 1.60. The SMILES string of the molecule is COC(C)(CCN(c1ccccc1)C1(OC)CCC(CN(c2ccccc2)C2(OC)CCCCC2)C1)OC. The molecule has 0 bridgehead atoms. The highest BCUT2D eigenvalue weighted by Crippen LogP contribution is 2.45. The van der Waals surface area contributed by atoms with Gasteiger partial charge in [0.2, 0.25) is 0 Å². The normalized spacial score (nSPS) is 23.3. The van der Waals surface area contributed by atoms with Crippen LogP contribution in [0.2, 0.25) is 0 Å². The Hall–Kier alpha value is -2.12. The number of anilines is 2. The van der Waals surface area contributed by atoms with Crippen molar-refractivity contribution in [2.24, 2.45) is 5.92 Å². The lowest BCUT2D eigenvalue weighted by molar-refractivity contribution is -0.196. The molecule has 2 atom stereocenters. The molecule has 6 heteroatoms. The summed E-state index contributed by atoms with van der Waals surface area (Å²) >= 11 is 0. The van der Waals surface area contributed by atoms with E-state index in [1.165, 1.54) is 30.6 Å². The molecule has 0 aromatic heterocycles. The molecule has 4 rings (SSSR count). The average molecular weight is 525 g/mol. The molecule has 2 saturated carbocycles. The van der Waals surface area contributed by atoms with Crippen molar-refractivity contribution in [1.29, 1.82) is 0 Å². The number of benzene rings is 2. The van der Waals surface area contributed by atoms with Gasteiger partial charge in [-0.3, -0.25) is 0 Å². The lowest BCUT2D eigenvalue weighted by Gasteiger charge is -2.48. The first-order valence-electron chi connectivity index (χ1n) is 14.3. The molecule has 6 nitrogen and oxygen atoms in total. The van der Waals surface area contributed by atoms with Crippen molar-refractivity contribution in [3.8, 4) is 0 Å². The molecular formula is C32H48N2O4. The molecule has 0 heterocycles. The van der Waals surface area contributed by atoms with Gasteiger partial charge in [-0.1, -0.05) is 42.8 Å². The fraction of sp³-hybridized carbons (Fsp3) is 0.625. The third-order valence-electron chi connectivity index (χ3n) is 9.16. The molecule has 210 valence electrons. The molecule has 2 aliphatic carbocycles. The van der Waals surface area contributed by atoms with Crippen LogP contribution in [0.4, 0.5) is 11.4 Å². The van der Waals surface area contributed by atoms with Gasteiger partial charge in [-0.15, -0.1) is 0 Å². The standard InChI is InChI=1S/C32H48N2O4/c1-30(35-2,36-3)23-24-33(28-15-9-6-10-16-28)32(38-5)22-19-27(25-32)26-34(29-17-11-7-12-18-29)31(37-4)20-13-8-14-21-31/h6-7,9-12,15-18,27H,8,13-14,19-26H2,1-5H3. The van der Waals surface area contributed by atoms with Gasteiger partial charge in [0.15, 0.2) is 5.79 Å². The Bertz CT molecular complexity index is 962. The van der Waals surface area contributed by atoms with Gasteiger partial charge in [-0.05, 0) is 82.1 Å². The van der Waals surface area contributed by atoms with Crippen LogP contribution in [0, 0.1) is 5.92 Å². The number of ether oxygens (including phenoxy) is 4. The number of hydrogen-bond acceptors (Lipinski definition) is 6. The van der Waals surface area contributed by atoms with Crippen LogP contribution in [0.3, 0.4) is 0 Å². The average Bonchev–Trinajstić information content (AvgIpc) is 3.41. The van der Waals surface area contributed by atoms with Gasteiger partial charge in [0.1, 0.15) is 11.4 Å². The second-order valence-corrected chi connectivity index (χ2v) is 11.2. The molecule has 2 aromatic rings. The third kappa shape index (κ3) is 6.20. The molecule has 0 amide bonds. The molecule has 0 N–H and O–H groups in total. The molecule has 0 aliphatic heterocycles. The van der Waals surface area contributed by atoms with Gasteiger partial charge in [-0.2, -0.15) is 0 Å². The zero-order chi connectivity index (χ0) is 27.1. The summed E-state index contributed by atoms with van der Waals surface area (Å²) in [6, 6.07) is 21.5. The van der Waals surface area contributed by atoms with Crippen LogP contribution in [0.5, 0.6) is 0 Å². The van der Waals surface area contributed by atoms with E-state index in [1.54, 1.807) is 14.2 Å². The topological polar surface area (TPSA) is 43.4 Å². The molecule has 2 unspecified atom stereocenters. The summed E-state index contributed by atoms with van der Waals surface area (Å²) in [6.07, 6.45) is 9.62. The Morgan fingerprint density at radius 2 is 1.29 bits per heavy atom. The van der Waals surface area contributed by atoms with E-state index in [0.29, 0.717) is 5.92 Å². The molecule has 0 radical (unpaired) electrons. The van der Waals surface area contributed by atoms with Gasteiger partial charge < -0.3 is 28.7 Å². The minimum absolute atomic E-state index is 0.240. The van der Waals surface area contributed by atoms with E-state index in [2.05, 4.69) is 70.5 Å². The summed E-state index contributed by atoms with van der Waals surface area (Å²) in [4.78, 5) is 5.02. The quantitative estimate of drug-likeness (QED) is 0.267. The van der Waals surface area contributed by atoms with Crippen molar-refractivity contribution >= 4 is 11.4 Å². The number of hydrogen-bond donors (Lipinski definition) is 0. The molecule has 0 spiro atoms. The van der Waals surface area contributed by atoms with E-state index in [4.69, 9.17) is 18.9 Å². The van der Waals surface area contributed by atoms with Gasteiger partial charge in [0, 0.05) is 59.3 Å². The van der Waals surface area contributed by atoms with Crippen LogP contribution < -0.4 is 9.80 Å². The minimum atomic E-state index is -0.643. The van der Waals surface area contributed by atoms with E-state index in [0.717, 1.165) is 51.6 Å². The maximum Gasteiger partial charge on any atom is 0.166 e. The zero-order valence-corrected chi connectivity index (χ0v) is 24.2. The third-order valence-corrected chi connectivity index (χ3v) is 9.16. The largest absolute Gasteiger partial charge is 0.359 e. The lowest BCUT2D eigenvalue weighted by Crippen LogP contribution is -2.54. The Morgan fingerprint density at radius 3 is 1.82 bits per heavy atom. The zero-order valence-electron chi connectivity index (χ0n) is 24.2. The van der Waals surface area contributed by atoms with E-state index in [9.17, 15) is 0 Å². The van der Waals surface area contributed by atoms with Crippen LogP contribution in [-0.4, -0.2) is 58.8 Å². The smallest absolute Gasteiger partial charge is 0.166 e. The first kappa shape index (κ1) is 28.9.